The van der Waals surface area contributed by atoms with Crippen LogP contribution in [0.15, 0.2) is 42.0 Å². The molecule has 0 heterocycles. The predicted octanol–water partition coefficient (Wildman–Crippen LogP) is 6.48. The van der Waals surface area contributed by atoms with Crippen molar-refractivity contribution < 1.29 is 4.79 Å². The minimum Gasteiger partial charge on any atom is -0.345 e. The molecule has 2 atom stereocenters. The molecule has 0 aromatic heterocycles. The van der Waals surface area contributed by atoms with E-state index in [1.54, 1.807) is 0 Å². The summed E-state index contributed by atoms with van der Waals surface area (Å²) in [5.41, 5.74) is 1.29. The Morgan fingerprint density at radius 2 is 1.70 bits per heavy atom. The SMILES string of the molecule is CCCCCCCCC(/C=C(\C#N)C(=O)N[C@@H](C)c1ccccc1)CCC. The number of unbranched alkanes of at least 4 members (excludes halogenated alkanes) is 5. The van der Waals surface area contributed by atoms with Gasteiger partial charge in [-0.1, -0.05) is 95.2 Å². The highest BCUT2D eigenvalue weighted by atomic mass is 16.1. The molecule has 0 radical (unpaired) electrons. The van der Waals surface area contributed by atoms with E-state index in [0.29, 0.717) is 5.92 Å². The highest BCUT2D eigenvalue weighted by molar-refractivity contribution is 5.97. The van der Waals surface area contributed by atoms with Crippen molar-refractivity contribution in [1.29, 1.82) is 5.26 Å². The van der Waals surface area contributed by atoms with Crippen LogP contribution in [0, 0.1) is 17.2 Å². The number of benzene rings is 1. The Kier molecular flexibility index (Phi) is 11.9. The maximum atomic E-state index is 12.5. The minimum atomic E-state index is -0.266. The van der Waals surface area contributed by atoms with Crippen LogP contribution in [0.2, 0.25) is 0 Å². The topological polar surface area (TPSA) is 52.9 Å². The number of nitrogens with one attached hydrogen (secondary N) is 1. The van der Waals surface area contributed by atoms with Crippen molar-refractivity contribution in [3.63, 3.8) is 0 Å². The Balaban J connectivity index is 2.61. The van der Waals surface area contributed by atoms with Gasteiger partial charge >= 0.3 is 0 Å². The number of carbonyl (C=O) groups excluding carboxylic acids is 1. The van der Waals surface area contributed by atoms with E-state index in [-0.39, 0.29) is 17.5 Å². The molecule has 3 heteroatoms. The van der Waals surface area contributed by atoms with E-state index in [2.05, 4.69) is 25.2 Å². The standard InChI is InChI=1S/C24H36N2O/c1-4-6-7-8-9-11-15-21(14-5-2)18-23(19-25)24(27)26-20(3)22-16-12-10-13-17-22/h10,12-13,16-18,20-21H,4-9,11,14-15H2,1-3H3,(H,26,27)/b23-18+/t20-,21?/m0/s1. The van der Waals surface area contributed by atoms with Crippen molar-refractivity contribution in [3.8, 4) is 6.07 Å². The summed E-state index contributed by atoms with van der Waals surface area (Å²) in [5, 5.41) is 12.4. The maximum Gasteiger partial charge on any atom is 0.262 e. The van der Waals surface area contributed by atoms with Crippen LogP contribution in [0.4, 0.5) is 0 Å². The van der Waals surface area contributed by atoms with Crippen LogP contribution >= 0.6 is 0 Å². The fraction of sp³-hybridized carbons (Fsp3) is 0.583. The average molecular weight is 369 g/mol. The quantitative estimate of drug-likeness (QED) is 0.246. The Bertz CT molecular complexity index is 601. The van der Waals surface area contributed by atoms with Crippen LogP contribution in [0.3, 0.4) is 0 Å². The molecular formula is C24H36N2O. The van der Waals surface area contributed by atoms with Crippen molar-refractivity contribution in [2.45, 2.75) is 84.6 Å². The van der Waals surface area contributed by atoms with Crippen LogP contribution in [-0.2, 0) is 4.79 Å². The highest BCUT2D eigenvalue weighted by Gasteiger charge is 2.16. The number of carbonyl (C=O) groups is 1. The molecule has 3 nitrogen and oxygen atoms in total. The van der Waals surface area contributed by atoms with Gasteiger partial charge in [-0.05, 0) is 31.2 Å². The summed E-state index contributed by atoms with van der Waals surface area (Å²) in [6, 6.07) is 11.8. The third kappa shape index (κ3) is 9.43. The summed E-state index contributed by atoms with van der Waals surface area (Å²) in [6.45, 7) is 6.34. The second-order valence-corrected chi connectivity index (χ2v) is 7.40. The first kappa shape index (κ1) is 23.0. The summed E-state index contributed by atoms with van der Waals surface area (Å²) >= 11 is 0. The molecule has 0 bridgehead atoms. The first-order valence-corrected chi connectivity index (χ1v) is 10.6. The molecule has 0 aliphatic carbocycles. The van der Waals surface area contributed by atoms with Crippen LogP contribution < -0.4 is 5.32 Å². The second-order valence-electron chi connectivity index (χ2n) is 7.40. The zero-order valence-electron chi connectivity index (χ0n) is 17.3. The first-order valence-electron chi connectivity index (χ1n) is 10.6. The molecule has 1 N–H and O–H groups in total. The van der Waals surface area contributed by atoms with Crippen molar-refractivity contribution in [2.24, 2.45) is 5.92 Å². The fourth-order valence-electron chi connectivity index (χ4n) is 3.37. The molecule has 1 aromatic carbocycles. The summed E-state index contributed by atoms with van der Waals surface area (Å²) in [5.74, 6) is 0.0477. The van der Waals surface area contributed by atoms with Gasteiger partial charge in [0, 0.05) is 0 Å². The molecule has 1 aromatic rings. The van der Waals surface area contributed by atoms with Crippen LogP contribution in [0.1, 0.15) is 90.2 Å². The molecule has 0 aliphatic rings. The van der Waals surface area contributed by atoms with E-state index in [1.165, 1.54) is 38.5 Å². The second kappa shape index (κ2) is 14.0. The zero-order chi connectivity index (χ0) is 19.9. The van der Waals surface area contributed by atoms with E-state index < -0.39 is 0 Å². The number of hydrogen-bond donors (Lipinski definition) is 1. The van der Waals surface area contributed by atoms with Crippen LogP contribution in [0.5, 0.6) is 0 Å². The number of rotatable bonds is 13. The number of hydrogen-bond acceptors (Lipinski definition) is 2. The minimum absolute atomic E-state index is 0.112. The maximum absolute atomic E-state index is 12.5. The number of nitriles is 1. The number of nitrogens with zero attached hydrogens (tertiary/aromatic N) is 1. The van der Waals surface area contributed by atoms with Gasteiger partial charge in [-0.15, -0.1) is 0 Å². The van der Waals surface area contributed by atoms with Crippen molar-refractivity contribution in [2.75, 3.05) is 0 Å². The molecule has 0 spiro atoms. The average Bonchev–Trinajstić information content (AvgIpc) is 2.69. The van der Waals surface area contributed by atoms with Crippen molar-refractivity contribution in [1.82, 2.24) is 5.32 Å². The summed E-state index contributed by atoms with van der Waals surface area (Å²) in [7, 11) is 0. The molecule has 148 valence electrons. The monoisotopic (exact) mass is 368 g/mol. The van der Waals surface area contributed by atoms with Crippen LogP contribution in [-0.4, -0.2) is 5.91 Å². The zero-order valence-corrected chi connectivity index (χ0v) is 17.3. The molecule has 0 aliphatic heterocycles. The van der Waals surface area contributed by atoms with E-state index >= 15 is 0 Å². The molecular weight excluding hydrogens is 332 g/mol. The van der Waals surface area contributed by atoms with Gasteiger partial charge in [-0.3, -0.25) is 4.79 Å². The molecule has 0 saturated heterocycles. The van der Waals surface area contributed by atoms with Gasteiger partial charge in [0.2, 0.25) is 0 Å². The molecule has 1 unspecified atom stereocenters. The highest BCUT2D eigenvalue weighted by Crippen LogP contribution is 2.20. The third-order valence-corrected chi connectivity index (χ3v) is 5.00. The number of allylic oxidation sites excluding steroid dienone is 1. The van der Waals surface area contributed by atoms with E-state index in [1.807, 2.05) is 43.3 Å². The molecule has 27 heavy (non-hydrogen) atoms. The van der Waals surface area contributed by atoms with E-state index in [9.17, 15) is 10.1 Å². The van der Waals surface area contributed by atoms with Crippen LogP contribution in [0.25, 0.3) is 0 Å². The Labute approximate surface area is 165 Å². The van der Waals surface area contributed by atoms with Gasteiger partial charge in [0.15, 0.2) is 0 Å². The van der Waals surface area contributed by atoms with E-state index in [4.69, 9.17) is 0 Å². The Hall–Kier alpha value is -2.08. The van der Waals surface area contributed by atoms with Gasteiger partial charge in [0.1, 0.15) is 11.6 Å². The lowest BCUT2D eigenvalue weighted by Crippen LogP contribution is -2.28. The molecule has 0 fully saturated rings. The number of amides is 1. The lowest BCUT2D eigenvalue weighted by atomic mass is 9.93. The first-order chi connectivity index (χ1) is 13.1. The van der Waals surface area contributed by atoms with Gasteiger partial charge in [-0.2, -0.15) is 5.26 Å². The van der Waals surface area contributed by atoms with Crippen molar-refractivity contribution in [3.05, 3.63) is 47.5 Å². The molecule has 1 amide bonds. The largest absolute Gasteiger partial charge is 0.345 e. The lowest BCUT2D eigenvalue weighted by Gasteiger charge is -2.16. The summed E-state index contributed by atoms with van der Waals surface area (Å²) in [4.78, 5) is 12.5. The van der Waals surface area contributed by atoms with Gasteiger partial charge < -0.3 is 5.32 Å². The van der Waals surface area contributed by atoms with Gasteiger partial charge in [-0.25, -0.2) is 0 Å². The molecule has 0 saturated carbocycles. The van der Waals surface area contributed by atoms with E-state index in [0.717, 1.165) is 24.8 Å². The summed E-state index contributed by atoms with van der Waals surface area (Å²) < 4.78 is 0. The smallest absolute Gasteiger partial charge is 0.262 e. The van der Waals surface area contributed by atoms with Crippen molar-refractivity contribution >= 4 is 5.91 Å². The Morgan fingerprint density at radius 3 is 2.33 bits per heavy atom. The fourth-order valence-corrected chi connectivity index (χ4v) is 3.37. The van der Waals surface area contributed by atoms with Gasteiger partial charge in [0.05, 0.1) is 6.04 Å². The lowest BCUT2D eigenvalue weighted by molar-refractivity contribution is -0.117. The predicted molar refractivity (Wildman–Crippen MR) is 113 cm³/mol. The Morgan fingerprint density at radius 1 is 1.04 bits per heavy atom. The van der Waals surface area contributed by atoms with Gasteiger partial charge in [0.25, 0.3) is 5.91 Å². The molecule has 1 rings (SSSR count). The third-order valence-electron chi connectivity index (χ3n) is 5.00. The normalized spacial score (nSPS) is 13.6. The summed E-state index contributed by atoms with van der Waals surface area (Å²) in [6.07, 6.45) is 12.7.